The summed E-state index contributed by atoms with van der Waals surface area (Å²) in [6.07, 6.45) is 1.70. The van der Waals surface area contributed by atoms with E-state index in [9.17, 15) is 10.2 Å². The quantitative estimate of drug-likeness (QED) is 0.758. The third kappa shape index (κ3) is 2.81. The average Bonchev–Trinajstić information content (AvgIpc) is 2.50. The van der Waals surface area contributed by atoms with Gasteiger partial charge in [0.2, 0.25) is 0 Å². The van der Waals surface area contributed by atoms with E-state index < -0.39 is 0 Å². The number of hydrogen-bond donors (Lipinski definition) is 3. The first-order valence-corrected chi connectivity index (χ1v) is 7.08. The topological polar surface area (TPSA) is 61.7 Å². The molecule has 0 saturated heterocycles. The molecule has 4 heteroatoms. The first kappa shape index (κ1) is 13.8. The molecule has 0 amide bonds. The van der Waals surface area contributed by atoms with Gasteiger partial charge in [-0.1, -0.05) is 12.1 Å². The van der Waals surface area contributed by atoms with Crippen LogP contribution in [0.15, 0.2) is 36.4 Å². The van der Waals surface area contributed by atoms with Gasteiger partial charge in [-0.05, 0) is 60.3 Å². The molecule has 0 bridgehead atoms. The van der Waals surface area contributed by atoms with E-state index in [1.807, 2.05) is 12.1 Å². The Labute approximate surface area is 124 Å². The average molecular weight is 285 g/mol. The molecule has 2 aromatic rings. The Bertz CT molecular complexity index is 637. The molecule has 0 radical (unpaired) electrons. The zero-order valence-electron chi connectivity index (χ0n) is 12.0. The van der Waals surface area contributed by atoms with Crippen LogP contribution in [0.25, 0.3) is 0 Å². The van der Waals surface area contributed by atoms with Crippen molar-refractivity contribution in [2.45, 2.75) is 18.9 Å². The molecule has 110 valence electrons. The van der Waals surface area contributed by atoms with Gasteiger partial charge in [0.15, 0.2) is 11.5 Å². The number of phenolic OH excluding ortho intramolecular Hbond substituents is 2. The van der Waals surface area contributed by atoms with E-state index in [0.29, 0.717) is 0 Å². The molecule has 2 aromatic carbocycles. The highest BCUT2D eigenvalue weighted by molar-refractivity contribution is 5.48. The second kappa shape index (κ2) is 5.66. The zero-order valence-corrected chi connectivity index (χ0v) is 12.0. The normalized spacial score (nSPS) is 17.3. The number of nitrogens with one attached hydrogen (secondary N) is 1. The monoisotopic (exact) mass is 285 g/mol. The summed E-state index contributed by atoms with van der Waals surface area (Å²) in [4.78, 5) is 0. The van der Waals surface area contributed by atoms with Crippen molar-refractivity contribution >= 4 is 0 Å². The molecule has 3 rings (SSSR count). The smallest absolute Gasteiger partial charge is 0.157 e. The lowest BCUT2D eigenvalue weighted by atomic mass is 9.90. The van der Waals surface area contributed by atoms with Crippen LogP contribution in [-0.2, 0) is 12.8 Å². The lowest BCUT2D eigenvalue weighted by molar-refractivity contribution is 0.398. The summed E-state index contributed by atoms with van der Waals surface area (Å²) < 4.78 is 5.17. The van der Waals surface area contributed by atoms with E-state index in [4.69, 9.17) is 4.74 Å². The summed E-state index contributed by atoms with van der Waals surface area (Å²) in [5, 5.41) is 22.8. The van der Waals surface area contributed by atoms with Crippen LogP contribution in [-0.4, -0.2) is 23.9 Å². The highest BCUT2D eigenvalue weighted by Crippen LogP contribution is 2.34. The Morgan fingerprint density at radius 1 is 1.14 bits per heavy atom. The van der Waals surface area contributed by atoms with Crippen molar-refractivity contribution in [2.24, 2.45) is 0 Å². The predicted molar refractivity (Wildman–Crippen MR) is 80.9 cm³/mol. The second-order valence-corrected chi connectivity index (χ2v) is 5.35. The Balaban J connectivity index is 1.85. The van der Waals surface area contributed by atoms with Crippen LogP contribution in [0, 0.1) is 0 Å². The van der Waals surface area contributed by atoms with Gasteiger partial charge in [-0.15, -0.1) is 0 Å². The van der Waals surface area contributed by atoms with Gasteiger partial charge in [-0.3, -0.25) is 0 Å². The van der Waals surface area contributed by atoms with Gasteiger partial charge < -0.3 is 20.3 Å². The van der Waals surface area contributed by atoms with E-state index in [1.165, 1.54) is 5.56 Å². The van der Waals surface area contributed by atoms with E-state index in [2.05, 4.69) is 17.4 Å². The Morgan fingerprint density at radius 2 is 1.86 bits per heavy atom. The summed E-state index contributed by atoms with van der Waals surface area (Å²) in [5.41, 5.74) is 3.36. The molecule has 0 aliphatic carbocycles. The number of rotatable bonds is 3. The maximum Gasteiger partial charge on any atom is 0.157 e. The van der Waals surface area contributed by atoms with E-state index in [-0.39, 0.29) is 17.5 Å². The fourth-order valence-corrected chi connectivity index (χ4v) is 2.85. The molecule has 0 unspecified atom stereocenters. The maximum atomic E-state index is 9.73. The zero-order chi connectivity index (χ0) is 14.8. The fraction of sp³-hybridized carbons (Fsp3) is 0.294. The molecular formula is C17H19NO3. The Hall–Kier alpha value is -2.20. The van der Waals surface area contributed by atoms with E-state index >= 15 is 0 Å². The number of hydrogen-bond acceptors (Lipinski definition) is 4. The molecular weight excluding hydrogens is 266 g/mol. The van der Waals surface area contributed by atoms with Crippen molar-refractivity contribution in [2.75, 3.05) is 13.7 Å². The standard InChI is InChI=1S/C17H19NO3/c1-21-13-4-2-11(3-5-13)8-15-14-10-17(20)16(19)9-12(14)6-7-18-15/h2-5,9-10,15,18-20H,6-8H2,1H3/t15-/m1/s1. The minimum atomic E-state index is -0.0582. The van der Waals surface area contributed by atoms with Gasteiger partial charge in [0.25, 0.3) is 0 Å². The molecule has 1 aliphatic rings. The van der Waals surface area contributed by atoms with Crippen molar-refractivity contribution in [1.29, 1.82) is 0 Å². The molecule has 0 aromatic heterocycles. The lowest BCUT2D eigenvalue weighted by Gasteiger charge is -2.27. The molecule has 4 nitrogen and oxygen atoms in total. The molecule has 0 saturated carbocycles. The minimum absolute atomic E-state index is 0.0427. The second-order valence-electron chi connectivity index (χ2n) is 5.35. The number of aromatic hydroxyl groups is 2. The molecule has 0 spiro atoms. The van der Waals surface area contributed by atoms with Crippen molar-refractivity contribution in [3.05, 3.63) is 53.1 Å². The third-order valence-electron chi connectivity index (χ3n) is 4.00. The maximum absolute atomic E-state index is 9.73. The molecule has 3 N–H and O–H groups in total. The van der Waals surface area contributed by atoms with Gasteiger partial charge in [0.05, 0.1) is 7.11 Å². The van der Waals surface area contributed by atoms with E-state index in [0.717, 1.165) is 36.3 Å². The summed E-state index contributed by atoms with van der Waals surface area (Å²) in [6, 6.07) is 11.5. The van der Waals surface area contributed by atoms with Crippen LogP contribution >= 0.6 is 0 Å². The van der Waals surface area contributed by atoms with Gasteiger partial charge in [0, 0.05) is 6.04 Å². The van der Waals surface area contributed by atoms with Gasteiger partial charge >= 0.3 is 0 Å². The minimum Gasteiger partial charge on any atom is -0.504 e. The fourth-order valence-electron chi connectivity index (χ4n) is 2.85. The van der Waals surface area contributed by atoms with Crippen molar-refractivity contribution in [3.8, 4) is 17.2 Å². The summed E-state index contributed by atoms with van der Waals surface area (Å²) in [7, 11) is 1.66. The SMILES string of the molecule is COc1ccc(C[C@H]2NCCc3cc(O)c(O)cc32)cc1. The van der Waals surface area contributed by atoms with Crippen molar-refractivity contribution in [1.82, 2.24) is 5.32 Å². The Morgan fingerprint density at radius 3 is 2.57 bits per heavy atom. The molecule has 1 aliphatic heterocycles. The molecule has 21 heavy (non-hydrogen) atoms. The molecule has 1 atom stereocenters. The number of ether oxygens (including phenoxy) is 1. The first-order valence-electron chi connectivity index (χ1n) is 7.08. The molecule has 1 heterocycles. The highest BCUT2D eigenvalue weighted by atomic mass is 16.5. The summed E-state index contributed by atoms with van der Waals surface area (Å²) >= 11 is 0. The number of fused-ring (bicyclic) bond motifs is 1. The van der Waals surface area contributed by atoms with Gasteiger partial charge in [0.1, 0.15) is 5.75 Å². The van der Waals surface area contributed by atoms with Crippen molar-refractivity contribution in [3.63, 3.8) is 0 Å². The predicted octanol–water partition coefficient (Wildman–Crippen LogP) is 2.54. The van der Waals surface area contributed by atoms with Crippen LogP contribution in [0.4, 0.5) is 0 Å². The van der Waals surface area contributed by atoms with Crippen LogP contribution in [0.5, 0.6) is 17.2 Å². The van der Waals surface area contributed by atoms with E-state index in [1.54, 1.807) is 19.2 Å². The number of benzene rings is 2. The van der Waals surface area contributed by atoms with Crippen LogP contribution in [0.2, 0.25) is 0 Å². The van der Waals surface area contributed by atoms with Crippen LogP contribution < -0.4 is 10.1 Å². The Kier molecular flexibility index (Phi) is 3.71. The van der Waals surface area contributed by atoms with Crippen LogP contribution in [0.1, 0.15) is 22.7 Å². The first-order chi connectivity index (χ1) is 10.2. The summed E-state index contributed by atoms with van der Waals surface area (Å²) in [5.74, 6) is 0.745. The lowest BCUT2D eigenvalue weighted by Crippen LogP contribution is -2.31. The largest absolute Gasteiger partial charge is 0.504 e. The van der Waals surface area contributed by atoms with Crippen LogP contribution in [0.3, 0.4) is 0 Å². The van der Waals surface area contributed by atoms with Crippen molar-refractivity contribution < 1.29 is 14.9 Å². The highest BCUT2D eigenvalue weighted by Gasteiger charge is 2.22. The third-order valence-corrected chi connectivity index (χ3v) is 4.00. The number of methoxy groups -OCH3 is 1. The van der Waals surface area contributed by atoms with Gasteiger partial charge in [-0.25, -0.2) is 0 Å². The molecule has 0 fully saturated rings. The number of phenols is 2. The van der Waals surface area contributed by atoms with Gasteiger partial charge in [-0.2, -0.15) is 0 Å². The summed E-state index contributed by atoms with van der Waals surface area (Å²) in [6.45, 7) is 0.873.